The van der Waals surface area contributed by atoms with E-state index in [1.807, 2.05) is 30.7 Å². The number of carbonyl (C=O) groups excluding carboxylic acids is 2. The van der Waals surface area contributed by atoms with E-state index in [1.54, 1.807) is 6.92 Å². The number of aromatic nitrogens is 2. The number of rotatable bonds is 3. The Hall–Kier alpha value is -2.57. The Balaban J connectivity index is 1.88. The molecule has 2 aromatic heterocycles. The van der Waals surface area contributed by atoms with Gasteiger partial charge < -0.3 is 14.4 Å². The molecule has 0 atom stereocenters. The molecule has 0 unspecified atom stereocenters. The zero-order valence-corrected chi connectivity index (χ0v) is 11.6. The second-order valence-corrected chi connectivity index (χ2v) is 4.48. The molecule has 2 amide bonds. The van der Waals surface area contributed by atoms with Gasteiger partial charge in [-0.15, -0.1) is 0 Å². The molecule has 0 aliphatic carbocycles. The van der Waals surface area contributed by atoms with Crippen LogP contribution in [0.2, 0.25) is 0 Å². The van der Waals surface area contributed by atoms with Gasteiger partial charge in [-0.05, 0) is 26.0 Å². The minimum Gasteiger partial charge on any atom is -0.360 e. The van der Waals surface area contributed by atoms with Crippen molar-refractivity contribution in [3.8, 4) is 0 Å². The molecule has 0 bridgehead atoms. The Morgan fingerprint density at radius 3 is 2.60 bits per heavy atom. The summed E-state index contributed by atoms with van der Waals surface area (Å²) in [5, 5.41) is 8.49. The van der Waals surface area contributed by atoms with Gasteiger partial charge in [0.1, 0.15) is 5.76 Å². The molecule has 7 heteroatoms. The van der Waals surface area contributed by atoms with Crippen LogP contribution in [-0.4, -0.2) is 21.5 Å². The molecule has 2 heterocycles. The number of hydrogen-bond acceptors (Lipinski definition) is 4. The highest BCUT2D eigenvalue weighted by molar-refractivity contribution is 6.39. The summed E-state index contributed by atoms with van der Waals surface area (Å²) in [4.78, 5) is 23.3. The smallest absolute Gasteiger partial charge is 0.314 e. The molecule has 0 aliphatic rings. The van der Waals surface area contributed by atoms with Crippen molar-refractivity contribution in [3.05, 3.63) is 35.3 Å². The van der Waals surface area contributed by atoms with E-state index < -0.39 is 11.8 Å². The maximum atomic E-state index is 11.7. The highest BCUT2D eigenvalue weighted by Gasteiger charge is 2.15. The fraction of sp³-hybridized carbons (Fsp3) is 0.308. The van der Waals surface area contributed by atoms with E-state index in [2.05, 4.69) is 15.8 Å². The first-order valence-electron chi connectivity index (χ1n) is 6.11. The summed E-state index contributed by atoms with van der Waals surface area (Å²) in [6, 6.07) is 5.37. The van der Waals surface area contributed by atoms with E-state index in [4.69, 9.17) is 4.52 Å². The van der Waals surface area contributed by atoms with Gasteiger partial charge in [-0.1, -0.05) is 5.16 Å². The van der Waals surface area contributed by atoms with Crippen LogP contribution in [0.25, 0.3) is 0 Å². The van der Waals surface area contributed by atoms with E-state index in [9.17, 15) is 9.59 Å². The van der Waals surface area contributed by atoms with Crippen molar-refractivity contribution in [3.63, 3.8) is 0 Å². The maximum absolute atomic E-state index is 11.7. The van der Waals surface area contributed by atoms with Gasteiger partial charge >= 0.3 is 11.8 Å². The number of nitrogens with one attached hydrogen (secondary N) is 2. The average Bonchev–Trinajstić information content (AvgIpc) is 2.95. The third kappa shape index (κ3) is 3.05. The Morgan fingerprint density at radius 2 is 2.05 bits per heavy atom. The van der Waals surface area contributed by atoms with E-state index >= 15 is 0 Å². The zero-order chi connectivity index (χ0) is 14.7. The van der Waals surface area contributed by atoms with Crippen LogP contribution in [0.4, 0.5) is 5.82 Å². The lowest BCUT2D eigenvalue weighted by Crippen LogP contribution is -2.35. The molecule has 0 fully saturated rings. The molecule has 0 saturated heterocycles. The number of hydrogen-bond donors (Lipinski definition) is 2. The Labute approximate surface area is 115 Å². The lowest BCUT2D eigenvalue weighted by molar-refractivity contribution is -0.136. The molecule has 2 aromatic rings. The summed E-state index contributed by atoms with van der Waals surface area (Å²) in [5.41, 5.74) is 2.00. The largest absolute Gasteiger partial charge is 0.360 e. The predicted molar refractivity (Wildman–Crippen MR) is 71.9 cm³/mol. The summed E-state index contributed by atoms with van der Waals surface area (Å²) in [5.74, 6) is -0.717. The first kappa shape index (κ1) is 13.9. The molecule has 0 spiro atoms. The highest BCUT2D eigenvalue weighted by Crippen LogP contribution is 2.07. The van der Waals surface area contributed by atoms with Crippen LogP contribution in [0, 0.1) is 13.8 Å². The van der Waals surface area contributed by atoms with Crippen LogP contribution >= 0.6 is 0 Å². The van der Waals surface area contributed by atoms with E-state index in [1.165, 1.54) is 6.07 Å². The summed E-state index contributed by atoms with van der Waals surface area (Å²) in [7, 11) is 1.90. The van der Waals surface area contributed by atoms with E-state index in [0.717, 1.165) is 11.4 Å². The van der Waals surface area contributed by atoms with Gasteiger partial charge in [-0.2, -0.15) is 0 Å². The number of amides is 2. The van der Waals surface area contributed by atoms with Crippen molar-refractivity contribution in [2.75, 3.05) is 5.32 Å². The topological polar surface area (TPSA) is 89.2 Å². The van der Waals surface area contributed by atoms with Crippen molar-refractivity contribution in [1.82, 2.24) is 15.0 Å². The quantitative estimate of drug-likeness (QED) is 0.815. The van der Waals surface area contributed by atoms with Crippen LogP contribution in [0.3, 0.4) is 0 Å². The molecule has 106 valence electrons. The van der Waals surface area contributed by atoms with Gasteiger partial charge in [0, 0.05) is 24.5 Å². The Morgan fingerprint density at radius 1 is 1.30 bits per heavy atom. The number of anilines is 1. The number of carbonyl (C=O) groups is 2. The van der Waals surface area contributed by atoms with Gasteiger partial charge in [0.2, 0.25) is 0 Å². The minimum absolute atomic E-state index is 0.220. The number of aryl methyl sites for hydroxylation is 2. The normalized spacial score (nSPS) is 10.3. The van der Waals surface area contributed by atoms with Crippen molar-refractivity contribution in [2.24, 2.45) is 7.05 Å². The Bertz CT molecular complexity index is 642. The van der Waals surface area contributed by atoms with E-state index in [-0.39, 0.29) is 12.4 Å². The second-order valence-electron chi connectivity index (χ2n) is 4.48. The fourth-order valence-corrected chi connectivity index (χ4v) is 1.69. The van der Waals surface area contributed by atoms with Gasteiger partial charge in [-0.3, -0.25) is 14.9 Å². The molecular formula is C13H16N4O3. The molecule has 0 aromatic carbocycles. The molecule has 2 rings (SSSR count). The summed E-state index contributed by atoms with van der Waals surface area (Å²) in [6.07, 6.45) is 0. The molecule has 0 aliphatic heterocycles. The molecule has 2 N–H and O–H groups in total. The standard InChI is InChI=1S/C13H16N4O3/c1-8-4-5-10(17(8)3)7-14-12(18)13(19)15-11-6-9(2)20-16-11/h4-6H,7H2,1-3H3,(H,14,18)(H,15,16,19). The highest BCUT2D eigenvalue weighted by atomic mass is 16.5. The third-order valence-electron chi connectivity index (χ3n) is 2.98. The molecule has 20 heavy (non-hydrogen) atoms. The zero-order valence-electron chi connectivity index (χ0n) is 11.6. The first-order chi connectivity index (χ1) is 9.47. The third-order valence-corrected chi connectivity index (χ3v) is 2.98. The van der Waals surface area contributed by atoms with Crippen LogP contribution in [0.15, 0.2) is 22.7 Å². The Kier molecular flexibility index (Phi) is 3.88. The van der Waals surface area contributed by atoms with Crippen LogP contribution in [-0.2, 0) is 23.2 Å². The second kappa shape index (κ2) is 5.60. The average molecular weight is 276 g/mol. The van der Waals surface area contributed by atoms with E-state index in [0.29, 0.717) is 5.76 Å². The molecule has 7 nitrogen and oxygen atoms in total. The van der Waals surface area contributed by atoms with Crippen molar-refractivity contribution < 1.29 is 14.1 Å². The van der Waals surface area contributed by atoms with Crippen molar-refractivity contribution in [2.45, 2.75) is 20.4 Å². The fourth-order valence-electron chi connectivity index (χ4n) is 1.69. The van der Waals surface area contributed by atoms with Crippen LogP contribution in [0.5, 0.6) is 0 Å². The molecule has 0 radical (unpaired) electrons. The lowest BCUT2D eigenvalue weighted by atomic mass is 10.4. The SMILES string of the molecule is Cc1cc(NC(=O)C(=O)NCc2ccc(C)n2C)no1. The van der Waals surface area contributed by atoms with Crippen LogP contribution in [0.1, 0.15) is 17.1 Å². The van der Waals surface area contributed by atoms with Gasteiger partial charge in [0.05, 0.1) is 6.54 Å². The lowest BCUT2D eigenvalue weighted by Gasteiger charge is -2.07. The van der Waals surface area contributed by atoms with Crippen molar-refractivity contribution >= 4 is 17.6 Å². The van der Waals surface area contributed by atoms with Gasteiger partial charge in [0.15, 0.2) is 5.82 Å². The minimum atomic E-state index is -0.774. The molecule has 0 saturated carbocycles. The summed E-state index contributed by atoms with van der Waals surface area (Å²) < 4.78 is 6.74. The van der Waals surface area contributed by atoms with Gasteiger partial charge in [0.25, 0.3) is 0 Å². The predicted octanol–water partition coefficient (Wildman–Crippen LogP) is 0.885. The first-order valence-corrected chi connectivity index (χ1v) is 6.11. The summed E-state index contributed by atoms with van der Waals surface area (Å²) >= 11 is 0. The van der Waals surface area contributed by atoms with Crippen LogP contribution < -0.4 is 10.6 Å². The van der Waals surface area contributed by atoms with Crippen molar-refractivity contribution in [1.29, 1.82) is 0 Å². The number of nitrogens with zero attached hydrogens (tertiary/aromatic N) is 2. The summed E-state index contributed by atoms with van der Waals surface area (Å²) in [6.45, 7) is 3.94. The van der Waals surface area contributed by atoms with Gasteiger partial charge in [-0.25, -0.2) is 0 Å². The maximum Gasteiger partial charge on any atom is 0.314 e. The molecular weight excluding hydrogens is 260 g/mol. The monoisotopic (exact) mass is 276 g/mol.